The third-order valence-electron chi connectivity index (χ3n) is 4.77. The van der Waals surface area contributed by atoms with Gasteiger partial charge in [-0.25, -0.2) is 0 Å². The molecular formula is C20H19N5O. The van der Waals surface area contributed by atoms with E-state index in [0.717, 1.165) is 25.1 Å². The predicted molar refractivity (Wildman–Crippen MR) is 95.9 cm³/mol. The molecule has 0 spiro atoms. The number of nitriles is 1. The van der Waals surface area contributed by atoms with Crippen LogP contribution < -0.4 is 0 Å². The van der Waals surface area contributed by atoms with Crippen molar-refractivity contribution >= 4 is 0 Å². The van der Waals surface area contributed by atoms with Crippen LogP contribution in [0.4, 0.5) is 0 Å². The maximum absolute atomic E-state index is 8.88. The standard InChI is InChI=1S/C20H19N5O/c21-12-15-3-5-17(6-4-15)20-24-23-19(26-20)14-25-11-1-2-18(13-25)16-7-9-22-10-8-16/h3-10,18H,1-2,11,13-14H2/t18-/m0/s1. The van der Waals surface area contributed by atoms with E-state index in [1.54, 1.807) is 12.1 Å². The van der Waals surface area contributed by atoms with Crippen LogP contribution in [-0.4, -0.2) is 33.2 Å². The molecule has 1 aromatic carbocycles. The summed E-state index contributed by atoms with van der Waals surface area (Å²) in [7, 11) is 0. The van der Waals surface area contributed by atoms with E-state index in [4.69, 9.17) is 9.68 Å². The van der Waals surface area contributed by atoms with Gasteiger partial charge in [0, 0.05) is 24.5 Å². The molecule has 4 rings (SSSR count). The third-order valence-corrected chi connectivity index (χ3v) is 4.77. The van der Waals surface area contributed by atoms with Crippen molar-refractivity contribution in [2.75, 3.05) is 13.1 Å². The summed E-state index contributed by atoms with van der Waals surface area (Å²) >= 11 is 0. The fourth-order valence-electron chi connectivity index (χ4n) is 3.42. The maximum atomic E-state index is 8.88. The highest BCUT2D eigenvalue weighted by atomic mass is 16.4. The fraction of sp³-hybridized carbons (Fsp3) is 0.300. The van der Waals surface area contributed by atoms with E-state index in [1.807, 2.05) is 24.5 Å². The number of likely N-dealkylation sites (tertiary alicyclic amines) is 1. The minimum absolute atomic E-state index is 0.493. The monoisotopic (exact) mass is 345 g/mol. The first-order valence-corrected chi connectivity index (χ1v) is 8.77. The van der Waals surface area contributed by atoms with Crippen LogP contribution in [0.25, 0.3) is 11.5 Å². The van der Waals surface area contributed by atoms with E-state index in [2.05, 4.69) is 38.3 Å². The van der Waals surface area contributed by atoms with Crippen molar-refractivity contribution in [3.05, 3.63) is 65.8 Å². The van der Waals surface area contributed by atoms with Gasteiger partial charge in [-0.05, 0) is 67.3 Å². The second kappa shape index (κ2) is 7.46. The van der Waals surface area contributed by atoms with Crippen LogP contribution in [0.2, 0.25) is 0 Å². The third kappa shape index (κ3) is 3.63. The molecule has 130 valence electrons. The molecule has 0 aliphatic carbocycles. The number of rotatable bonds is 4. The van der Waals surface area contributed by atoms with Gasteiger partial charge in [0.05, 0.1) is 18.2 Å². The first-order valence-electron chi connectivity index (χ1n) is 8.77. The smallest absolute Gasteiger partial charge is 0.247 e. The van der Waals surface area contributed by atoms with Crippen molar-refractivity contribution in [1.82, 2.24) is 20.1 Å². The Morgan fingerprint density at radius 3 is 2.69 bits per heavy atom. The number of hydrogen-bond donors (Lipinski definition) is 0. The minimum atomic E-state index is 0.493. The Morgan fingerprint density at radius 1 is 1.12 bits per heavy atom. The zero-order chi connectivity index (χ0) is 17.8. The Kier molecular flexibility index (Phi) is 4.71. The Labute approximate surface area is 152 Å². The number of benzene rings is 1. The molecule has 0 amide bonds. The summed E-state index contributed by atoms with van der Waals surface area (Å²) in [5.41, 5.74) is 2.79. The Morgan fingerprint density at radius 2 is 1.92 bits per heavy atom. The highest BCUT2D eigenvalue weighted by Gasteiger charge is 2.23. The predicted octanol–water partition coefficient (Wildman–Crippen LogP) is 3.38. The summed E-state index contributed by atoms with van der Waals surface area (Å²) in [5, 5.41) is 17.2. The summed E-state index contributed by atoms with van der Waals surface area (Å²) in [6, 6.07) is 13.5. The fourth-order valence-corrected chi connectivity index (χ4v) is 3.42. The largest absolute Gasteiger partial charge is 0.419 e. The zero-order valence-corrected chi connectivity index (χ0v) is 14.4. The lowest BCUT2D eigenvalue weighted by Gasteiger charge is -2.31. The molecular weight excluding hydrogens is 326 g/mol. The minimum Gasteiger partial charge on any atom is -0.419 e. The molecule has 0 bridgehead atoms. The lowest BCUT2D eigenvalue weighted by Crippen LogP contribution is -2.34. The van der Waals surface area contributed by atoms with Crippen LogP contribution in [0, 0.1) is 11.3 Å². The van der Waals surface area contributed by atoms with Crippen molar-refractivity contribution < 1.29 is 4.42 Å². The summed E-state index contributed by atoms with van der Waals surface area (Å²) in [4.78, 5) is 6.47. The highest BCUT2D eigenvalue weighted by Crippen LogP contribution is 2.27. The van der Waals surface area contributed by atoms with Crippen molar-refractivity contribution in [2.24, 2.45) is 0 Å². The van der Waals surface area contributed by atoms with E-state index in [0.29, 0.717) is 29.8 Å². The first-order chi connectivity index (χ1) is 12.8. The molecule has 26 heavy (non-hydrogen) atoms. The molecule has 1 atom stereocenters. The van der Waals surface area contributed by atoms with Crippen LogP contribution in [-0.2, 0) is 6.54 Å². The van der Waals surface area contributed by atoms with Crippen LogP contribution >= 0.6 is 0 Å². The number of aromatic nitrogens is 3. The summed E-state index contributed by atoms with van der Waals surface area (Å²) < 4.78 is 5.83. The van der Waals surface area contributed by atoms with Gasteiger partial charge in [0.25, 0.3) is 0 Å². The van der Waals surface area contributed by atoms with Gasteiger partial charge in [-0.2, -0.15) is 5.26 Å². The van der Waals surface area contributed by atoms with Gasteiger partial charge in [-0.3, -0.25) is 9.88 Å². The number of hydrogen-bond acceptors (Lipinski definition) is 6. The van der Waals surface area contributed by atoms with Gasteiger partial charge >= 0.3 is 0 Å². The molecule has 1 aliphatic rings. The van der Waals surface area contributed by atoms with Crippen molar-refractivity contribution in [2.45, 2.75) is 25.3 Å². The molecule has 0 saturated carbocycles. The Hall–Kier alpha value is -3.04. The Bertz CT molecular complexity index is 898. The van der Waals surface area contributed by atoms with E-state index in [9.17, 15) is 0 Å². The number of piperidine rings is 1. The molecule has 1 aliphatic heterocycles. The van der Waals surface area contributed by atoms with Crippen LogP contribution in [0.1, 0.15) is 35.8 Å². The molecule has 1 fully saturated rings. The van der Waals surface area contributed by atoms with Gasteiger partial charge in [-0.1, -0.05) is 0 Å². The van der Waals surface area contributed by atoms with E-state index in [-0.39, 0.29) is 0 Å². The molecule has 0 radical (unpaired) electrons. The van der Waals surface area contributed by atoms with Crippen LogP contribution in [0.5, 0.6) is 0 Å². The van der Waals surface area contributed by atoms with Crippen molar-refractivity contribution in [1.29, 1.82) is 5.26 Å². The number of pyridine rings is 1. The second-order valence-electron chi connectivity index (χ2n) is 6.54. The van der Waals surface area contributed by atoms with E-state index >= 15 is 0 Å². The van der Waals surface area contributed by atoms with Gasteiger partial charge in [0.15, 0.2) is 0 Å². The summed E-state index contributed by atoms with van der Waals surface area (Å²) in [6.07, 6.45) is 6.07. The molecule has 6 nitrogen and oxygen atoms in total. The molecule has 0 unspecified atom stereocenters. The first kappa shape index (κ1) is 16.4. The van der Waals surface area contributed by atoms with Gasteiger partial charge in [0.2, 0.25) is 11.8 Å². The molecule has 6 heteroatoms. The SMILES string of the molecule is N#Cc1ccc(-c2nnc(CN3CCC[C@H](c4ccncc4)C3)o2)cc1. The second-order valence-corrected chi connectivity index (χ2v) is 6.54. The average molecular weight is 345 g/mol. The topological polar surface area (TPSA) is 78.8 Å². The van der Waals surface area contributed by atoms with E-state index < -0.39 is 0 Å². The molecule has 3 aromatic rings. The summed E-state index contributed by atoms with van der Waals surface area (Å²) in [5.74, 6) is 1.64. The molecule has 2 aromatic heterocycles. The molecule has 3 heterocycles. The van der Waals surface area contributed by atoms with Gasteiger partial charge in [0.1, 0.15) is 0 Å². The summed E-state index contributed by atoms with van der Waals surface area (Å²) in [6.45, 7) is 2.68. The van der Waals surface area contributed by atoms with Crippen molar-refractivity contribution in [3.8, 4) is 17.5 Å². The van der Waals surface area contributed by atoms with Crippen LogP contribution in [0.15, 0.2) is 53.2 Å². The average Bonchev–Trinajstić information content (AvgIpc) is 3.17. The van der Waals surface area contributed by atoms with Crippen LogP contribution in [0.3, 0.4) is 0 Å². The Balaban J connectivity index is 1.43. The lowest BCUT2D eigenvalue weighted by atomic mass is 9.91. The number of nitrogens with zero attached hydrogens (tertiary/aromatic N) is 5. The molecule has 0 N–H and O–H groups in total. The highest BCUT2D eigenvalue weighted by molar-refractivity contribution is 5.54. The lowest BCUT2D eigenvalue weighted by molar-refractivity contribution is 0.184. The van der Waals surface area contributed by atoms with E-state index in [1.165, 1.54) is 12.0 Å². The van der Waals surface area contributed by atoms with Gasteiger partial charge < -0.3 is 4.42 Å². The van der Waals surface area contributed by atoms with Crippen molar-refractivity contribution in [3.63, 3.8) is 0 Å². The normalized spacial score (nSPS) is 17.7. The quantitative estimate of drug-likeness (QED) is 0.721. The zero-order valence-electron chi connectivity index (χ0n) is 14.4. The van der Waals surface area contributed by atoms with Gasteiger partial charge in [-0.15, -0.1) is 10.2 Å². The maximum Gasteiger partial charge on any atom is 0.247 e. The molecule has 1 saturated heterocycles.